The molecule has 1 aromatic carbocycles. The van der Waals surface area contributed by atoms with Gasteiger partial charge in [0.25, 0.3) is 0 Å². The van der Waals surface area contributed by atoms with E-state index in [1.807, 2.05) is 6.07 Å². The second kappa shape index (κ2) is 4.70. The summed E-state index contributed by atoms with van der Waals surface area (Å²) in [6, 6.07) is 8.93. The zero-order valence-corrected chi connectivity index (χ0v) is 8.49. The lowest BCUT2D eigenvalue weighted by Crippen LogP contribution is -2.20. The van der Waals surface area contributed by atoms with E-state index in [1.54, 1.807) is 38.1 Å². The molecule has 0 saturated carbocycles. The van der Waals surface area contributed by atoms with E-state index < -0.39 is 5.92 Å². The molecule has 0 amide bonds. The third kappa shape index (κ3) is 2.28. The molecule has 0 heterocycles. The Labute approximate surface area is 83.9 Å². The lowest BCUT2D eigenvalue weighted by atomic mass is 9.94. The maximum Gasteiger partial charge on any atom is 0.173 e. The lowest BCUT2D eigenvalue weighted by molar-refractivity contribution is -0.120. The van der Waals surface area contributed by atoms with E-state index in [4.69, 9.17) is 0 Å². The number of benzene rings is 1. The zero-order chi connectivity index (χ0) is 10.6. The van der Waals surface area contributed by atoms with Crippen molar-refractivity contribution in [3.8, 4) is 0 Å². The number of rotatable bonds is 4. The minimum atomic E-state index is -0.512. The molecule has 0 radical (unpaired) electrons. The Morgan fingerprint density at radius 3 is 2.29 bits per heavy atom. The maximum absolute atomic E-state index is 11.7. The standard InChI is InChI=1S/C12H14O2/c1-3-11(13)9(2)12(14)10-7-5-4-6-8-10/h4-9H,3H2,1-2H3. The molecule has 0 N–H and O–H groups in total. The van der Waals surface area contributed by atoms with Crippen molar-refractivity contribution < 1.29 is 9.59 Å². The summed E-state index contributed by atoms with van der Waals surface area (Å²) in [5.41, 5.74) is 0.613. The first kappa shape index (κ1) is 10.6. The highest BCUT2D eigenvalue weighted by Crippen LogP contribution is 2.10. The average Bonchev–Trinajstić information content (AvgIpc) is 2.27. The lowest BCUT2D eigenvalue weighted by Gasteiger charge is -2.07. The van der Waals surface area contributed by atoms with Crippen molar-refractivity contribution in [2.45, 2.75) is 20.3 Å². The monoisotopic (exact) mass is 190 g/mol. The molecule has 1 unspecified atom stereocenters. The van der Waals surface area contributed by atoms with Gasteiger partial charge in [-0.3, -0.25) is 9.59 Å². The highest BCUT2D eigenvalue weighted by atomic mass is 16.1. The second-order valence-corrected chi connectivity index (χ2v) is 3.27. The predicted molar refractivity (Wildman–Crippen MR) is 55.2 cm³/mol. The van der Waals surface area contributed by atoms with Crippen LogP contribution in [0, 0.1) is 5.92 Å². The number of ketones is 2. The van der Waals surface area contributed by atoms with Gasteiger partial charge in [-0.25, -0.2) is 0 Å². The molecule has 74 valence electrons. The first-order valence-corrected chi connectivity index (χ1v) is 4.78. The molecule has 1 atom stereocenters. The van der Waals surface area contributed by atoms with Crippen LogP contribution in [0.5, 0.6) is 0 Å². The summed E-state index contributed by atoms with van der Waals surface area (Å²) in [4.78, 5) is 23.0. The SMILES string of the molecule is CCC(=O)C(C)C(=O)c1ccccc1. The second-order valence-electron chi connectivity index (χ2n) is 3.27. The van der Waals surface area contributed by atoms with Gasteiger partial charge in [0, 0.05) is 12.0 Å². The van der Waals surface area contributed by atoms with E-state index in [1.165, 1.54) is 0 Å². The Balaban J connectivity index is 2.81. The van der Waals surface area contributed by atoms with Crippen LogP contribution in [0.1, 0.15) is 30.6 Å². The van der Waals surface area contributed by atoms with E-state index in [-0.39, 0.29) is 11.6 Å². The molecule has 0 saturated heterocycles. The summed E-state index contributed by atoms with van der Waals surface area (Å²) < 4.78 is 0. The maximum atomic E-state index is 11.7. The molecule has 2 heteroatoms. The van der Waals surface area contributed by atoms with E-state index >= 15 is 0 Å². The topological polar surface area (TPSA) is 34.1 Å². The molecule has 0 aliphatic carbocycles. The number of carbonyl (C=O) groups excluding carboxylic acids is 2. The van der Waals surface area contributed by atoms with E-state index in [9.17, 15) is 9.59 Å². The summed E-state index contributed by atoms with van der Waals surface area (Å²) in [5, 5.41) is 0. The van der Waals surface area contributed by atoms with Gasteiger partial charge in [-0.15, -0.1) is 0 Å². The molecular weight excluding hydrogens is 176 g/mol. The van der Waals surface area contributed by atoms with Gasteiger partial charge in [0.05, 0.1) is 5.92 Å². The summed E-state index contributed by atoms with van der Waals surface area (Å²) in [7, 11) is 0. The van der Waals surface area contributed by atoms with Crippen LogP contribution in [0.3, 0.4) is 0 Å². The Morgan fingerprint density at radius 2 is 1.79 bits per heavy atom. The average molecular weight is 190 g/mol. The van der Waals surface area contributed by atoms with Gasteiger partial charge in [-0.2, -0.15) is 0 Å². The van der Waals surface area contributed by atoms with Gasteiger partial charge >= 0.3 is 0 Å². The van der Waals surface area contributed by atoms with Crippen molar-refractivity contribution in [1.82, 2.24) is 0 Å². The number of carbonyl (C=O) groups is 2. The van der Waals surface area contributed by atoms with Crippen molar-refractivity contribution in [1.29, 1.82) is 0 Å². The van der Waals surface area contributed by atoms with E-state index in [2.05, 4.69) is 0 Å². The first-order valence-electron chi connectivity index (χ1n) is 4.78. The van der Waals surface area contributed by atoms with Crippen molar-refractivity contribution in [3.63, 3.8) is 0 Å². The zero-order valence-electron chi connectivity index (χ0n) is 8.49. The van der Waals surface area contributed by atoms with Gasteiger partial charge in [-0.05, 0) is 6.92 Å². The fraction of sp³-hybridized carbons (Fsp3) is 0.333. The van der Waals surface area contributed by atoms with Crippen LogP contribution in [0.25, 0.3) is 0 Å². The van der Waals surface area contributed by atoms with Crippen LogP contribution in [0.4, 0.5) is 0 Å². The fourth-order valence-corrected chi connectivity index (χ4v) is 1.30. The smallest absolute Gasteiger partial charge is 0.173 e. The normalized spacial score (nSPS) is 12.1. The molecule has 0 bridgehead atoms. The van der Waals surface area contributed by atoms with Gasteiger partial charge in [0.15, 0.2) is 5.78 Å². The van der Waals surface area contributed by atoms with E-state index in [0.717, 1.165) is 0 Å². The van der Waals surface area contributed by atoms with E-state index in [0.29, 0.717) is 12.0 Å². The molecule has 1 aromatic rings. The molecule has 0 aromatic heterocycles. The van der Waals surface area contributed by atoms with Crippen LogP contribution in [0.15, 0.2) is 30.3 Å². The molecule has 0 fully saturated rings. The summed E-state index contributed by atoms with van der Waals surface area (Å²) in [5.74, 6) is -0.598. The molecule has 0 aliphatic heterocycles. The fourth-order valence-electron chi connectivity index (χ4n) is 1.30. The highest BCUT2D eigenvalue weighted by Gasteiger charge is 2.20. The molecule has 14 heavy (non-hydrogen) atoms. The van der Waals surface area contributed by atoms with Crippen molar-refractivity contribution in [2.24, 2.45) is 5.92 Å². The quantitative estimate of drug-likeness (QED) is 0.540. The Bertz CT molecular complexity index is 327. The summed E-state index contributed by atoms with van der Waals surface area (Å²) >= 11 is 0. The Kier molecular flexibility index (Phi) is 3.57. The first-order chi connectivity index (χ1) is 6.66. The predicted octanol–water partition coefficient (Wildman–Crippen LogP) is 2.48. The van der Waals surface area contributed by atoms with Gasteiger partial charge in [0.1, 0.15) is 5.78 Å². The number of Topliss-reactive ketones (excluding diaryl/α,β-unsaturated/α-hetero) is 2. The van der Waals surface area contributed by atoms with Gasteiger partial charge in [-0.1, -0.05) is 37.3 Å². The third-order valence-corrected chi connectivity index (χ3v) is 2.28. The third-order valence-electron chi connectivity index (χ3n) is 2.28. The van der Waals surface area contributed by atoms with Crippen molar-refractivity contribution >= 4 is 11.6 Å². The molecule has 2 nitrogen and oxygen atoms in total. The van der Waals surface area contributed by atoms with Crippen LogP contribution in [-0.2, 0) is 4.79 Å². The molecule has 1 rings (SSSR count). The Hall–Kier alpha value is -1.44. The van der Waals surface area contributed by atoms with Gasteiger partial charge in [0.2, 0.25) is 0 Å². The minimum absolute atomic E-state index is 0.00106. The minimum Gasteiger partial charge on any atom is -0.299 e. The van der Waals surface area contributed by atoms with Crippen molar-refractivity contribution in [3.05, 3.63) is 35.9 Å². The molecular formula is C12H14O2. The summed E-state index contributed by atoms with van der Waals surface area (Å²) in [6.07, 6.45) is 0.416. The van der Waals surface area contributed by atoms with Crippen LogP contribution in [-0.4, -0.2) is 11.6 Å². The molecule has 0 spiro atoms. The highest BCUT2D eigenvalue weighted by molar-refractivity contribution is 6.10. The summed E-state index contributed by atoms with van der Waals surface area (Å²) in [6.45, 7) is 3.44. The van der Waals surface area contributed by atoms with Crippen LogP contribution >= 0.6 is 0 Å². The number of hydrogen-bond donors (Lipinski definition) is 0. The largest absolute Gasteiger partial charge is 0.299 e. The Morgan fingerprint density at radius 1 is 1.21 bits per heavy atom. The van der Waals surface area contributed by atoms with Crippen LogP contribution in [0.2, 0.25) is 0 Å². The molecule has 0 aliphatic rings. The van der Waals surface area contributed by atoms with Crippen molar-refractivity contribution in [2.75, 3.05) is 0 Å². The van der Waals surface area contributed by atoms with Crippen LogP contribution < -0.4 is 0 Å². The van der Waals surface area contributed by atoms with Gasteiger partial charge < -0.3 is 0 Å². The number of hydrogen-bond acceptors (Lipinski definition) is 2.